The Hall–Kier alpha value is -4.11. The third-order valence-corrected chi connectivity index (χ3v) is 5.91. The number of esters is 1. The molecule has 0 radical (unpaired) electrons. The third kappa shape index (κ3) is 4.31. The van der Waals surface area contributed by atoms with Gasteiger partial charge in [0.15, 0.2) is 11.5 Å². The summed E-state index contributed by atoms with van der Waals surface area (Å²) in [5.74, 6) is -2.42. The van der Waals surface area contributed by atoms with E-state index < -0.39 is 29.5 Å². The van der Waals surface area contributed by atoms with Gasteiger partial charge in [0.25, 0.3) is 5.91 Å². The van der Waals surface area contributed by atoms with E-state index in [1.807, 2.05) is 30.3 Å². The van der Waals surface area contributed by atoms with Crippen LogP contribution in [0.5, 0.6) is 0 Å². The second-order valence-electron chi connectivity index (χ2n) is 7.17. The van der Waals surface area contributed by atoms with Gasteiger partial charge in [0, 0.05) is 0 Å². The first kappa shape index (κ1) is 22.1. The summed E-state index contributed by atoms with van der Waals surface area (Å²) in [6, 6.07) is 14.5. The number of amides is 1. The molecule has 8 nitrogen and oxygen atoms in total. The summed E-state index contributed by atoms with van der Waals surface area (Å²) >= 11 is 1.17. The maximum absolute atomic E-state index is 13.2. The number of aromatic nitrogens is 2. The number of aliphatic hydroxyl groups excluding tert-OH is 1. The van der Waals surface area contributed by atoms with Crippen molar-refractivity contribution in [1.82, 2.24) is 10.2 Å². The molecule has 0 saturated carbocycles. The molecule has 2 aromatic carbocycles. The zero-order chi connectivity index (χ0) is 23.5. The van der Waals surface area contributed by atoms with Crippen molar-refractivity contribution in [2.45, 2.75) is 13.0 Å². The lowest BCUT2D eigenvalue weighted by Gasteiger charge is -2.23. The van der Waals surface area contributed by atoms with Gasteiger partial charge in [-0.3, -0.25) is 14.5 Å². The average Bonchev–Trinajstić information content (AvgIpc) is 3.38. The van der Waals surface area contributed by atoms with E-state index in [9.17, 15) is 19.5 Å². The Labute approximate surface area is 193 Å². The molecule has 3 aromatic rings. The number of ether oxygens (including phenoxy) is 1. The van der Waals surface area contributed by atoms with Crippen LogP contribution < -0.4 is 4.90 Å². The molecule has 4 rings (SSSR count). The van der Waals surface area contributed by atoms with Gasteiger partial charge in [0.1, 0.15) is 5.01 Å². The predicted octanol–water partition coefficient (Wildman–Crippen LogP) is 3.82. The van der Waals surface area contributed by atoms with Gasteiger partial charge in [-0.25, -0.2) is 4.79 Å². The first-order valence-corrected chi connectivity index (χ1v) is 10.7. The van der Waals surface area contributed by atoms with Crippen molar-refractivity contribution in [3.8, 4) is 0 Å². The molecular formula is C24H19N3O5S. The number of aliphatic hydroxyl groups is 1. The Morgan fingerprint density at radius 3 is 2.39 bits per heavy atom. The number of benzene rings is 2. The molecule has 0 fully saturated rings. The first-order valence-electron chi connectivity index (χ1n) is 9.93. The van der Waals surface area contributed by atoms with Crippen molar-refractivity contribution < 1.29 is 24.2 Å². The maximum Gasteiger partial charge on any atom is 0.337 e. The van der Waals surface area contributed by atoms with E-state index in [1.54, 1.807) is 25.1 Å². The summed E-state index contributed by atoms with van der Waals surface area (Å²) in [4.78, 5) is 39.2. The van der Waals surface area contributed by atoms with Crippen LogP contribution in [0.4, 0.5) is 5.13 Å². The molecule has 1 atom stereocenters. The van der Waals surface area contributed by atoms with E-state index in [1.165, 1.54) is 41.6 Å². The van der Waals surface area contributed by atoms with Crippen LogP contribution in [0, 0.1) is 6.92 Å². The molecule has 0 saturated heterocycles. The number of aryl methyl sites for hydroxylation is 1. The Bertz CT molecular complexity index is 1280. The maximum atomic E-state index is 13.2. The van der Waals surface area contributed by atoms with E-state index in [0.717, 1.165) is 5.56 Å². The summed E-state index contributed by atoms with van der Waals surface area (Å²) in [6.07, 6.45) is 2.93. The molecule has 1 aromatic heterocycles. The van der Waals surface area contributed by atoms with Gasteiger partial charge in [0.2, 0.25) is 5.13 Å². The number of methoxy groups -OCH3 is 1. The molecule has 1 aliphatic rings. The highest BCUT2D eigenvalue weighted by Gasteiger charge is 2.45. The highest BCUT2D eigenvalue weighted by Crippen LogP contribution is 2.42. The van der Waals surface area contributed by atoms with Crippen LogP contribution in [0.1, 0.15) is 32.5 Å². The van der Waals surface area contributed by atoms with Gasteiger partial charge >= 0.3 is 5.97 Å². The van der Waals surface area contributed by atoms with E-state index in [2.05, 4.69) is 10.2 Å². The number of hydrogen-bond acceptors (Lipinski definition) is 8. The zero-order valence-corrected chi connectivity index (χ0v) is 18.6. The van der Waals surface area contributed by atoms with Crippen molar-refractivity contribution >= 4 is 40.2 Å². The van der Waals surface area contributed by atoms with E-state index in [0.29, 0.717) is 16.1 Å². The fourth-order valence-electron chi connectivity index (χ4n) is 3.50. The van der Waals surface area contributed by atoms with Crippen LogP contribution in [-0.2, 0) is 14.3 Å². The molecular weight excluding hydrogens is 442 g/mol. The van der Waals surface area contributed by atoms with Gasteiger partial charge in [-0.1, -0.05) is 59.9 Å². The fourth-order valence-corrected chi connectivity index (χ4v) is 4.21. The highest BCUT2D eigenvalue weighted by molar-refractivity contribution is 7.15. The van der Waals surface area contributed by atoms with Gasteiger partial charge in [-0.15, -0.1) is 10.2 Å². The third-order valence-electron chi connectivity index (χ3n) is 5.07. The highest BCUT2D eigenvalue weighted by atomic mass is 32.1. The van der Waals surface area contributed by atoms with Gasteiger partial charge < -0.3 is 9.84 Å². The molecule has 0 spiro atoms. The Morgan fingerprint density at radius 2 is 1.79 bits per heavy atom. The van der Waals surface area contributed by atoms with E-state index >= 15 is 0 Å². The van der Waals surface area contributed by atoms with E-state index in [-0.39, 0.29) is 10.7 Å². The molecule has 0 aliphatic carbocycles. The van der Waals surface area contributed by atoms with Crippen molar-refractivity contribution in [3.05, 3.63) is 93.7 Å². The number of ketones is 1. The molecule has 1 amide bonds. The number of nitrogens with zero attached hydrogens (tertiary/aromatic N) is 3. The van der Waals surface area contributed by atoms with Gasteiger partial charge in [-0.05, 0) is 36.3 Å². The standard InChI is InChI=1S/C24H19N3O5S/c1-14-25-26-24(33-14)27-20(16-9-11-17(12-10-16)23(31)32-2)19(21(29)22(27)30)18(28)13-8-15-6-4-3-5-7-15/h3-13,20,29H,1-2H3. The lowest BCUT2D eigenvalue weighted by atomic mass is 9.95. The van der Waals surface area contributed by atoms with Crippen LogP contribution in [0.3, 0.4) is 0 Å². The van der Waals surface area contributed by atoms with Gasteiger partial charge in [0.05, 0.1) is 24.3 Å². The van der Waals surface area contributed by atoms with Crippen LogP contribution in [-0.4, -0.2) is 40.1 Å². The van der Waals surface area contributed by atoms with Crippen molar-refractivity contribution in [3.63, 3.8) is 0 Å². The minimum absolute atomic E-state index is 0.0779. The zero-order valence-electron chi connectivity index (χ0n) is 17.8. The molecule has 0 bridgehead atoms. The van der Waals surface area contributed by atoms with Crippen LogP contribution in [0.25, 0.3) is 6.08 Å². The molecule has 2 heterocycles. The largest absolute Gasteiger partial charge is 0.503 e. The van der Waals surface area contributed by atoms with Crippen molar-refractivity contribution in [1.29, 1.82) is 0 Å². The predicted molar refractivity (Wildman–Crippen MR) is 123 cm³/mol. The molecule has 9 heteroatoms. The number of rotatable bonds is 6. The van der Waals surface area contributed by atoms with Gasteiger partial charge in [-0.2, -0.15) is 0 Å². The number of anilines is 1. The first-order chi connectivity index (χ1) is 15.9. The molecule has 1 N–H and O–H groups in total. The Balaban J connectivity index is 1.77. The fraction of sp³-hybridized carbons (Fsp3) is 0.125. The summed E-state index contributed by atoms with van der Waals surface area (Å²) in [5.41, 5.74) is 1.55. The van der Waals surface area contributed by atoms with Crippen molar-refractivity contribution in [2.75, 3.05) is 12.0 Å². The number of allylic oxidation sites excluding steroid dienone is 1. The van der Waals surface area contributed by atoms with Crippen LogP contribution in [0.15, 0.2) is 72.0 Å². The number of hydrogen-bond donors (Lipinski definition) is 1. The van der Waals surface area contributed by atoms with Crippen molar-refractivity contribution in [2.24, 2.45) is 0 Å². The van der Waals surface area contributed by atoms with E-state index in [4.69, 9.17) is 4.74 Å². The lowest BCUT2D eigenvalue weighted by Crippen LogP contribution is -2.30. The minimum atomic E-state index is -0.940. The monoisotopic (exact) mass is 461 g/mol. The second kappa shape index (κ2) is 9.17. The quantitative estimate of drug-likeness (QED) is 0.439. The number of carbonyl (C=O) groups is 3. The molecule has 1 unspecified atom stereocenters. The Kier molecular flexibility index (Phi) is 6.14. The second-order valence-corrected chi connectivity index (χ2v) is 8.33. The normalized spacial score (nSPS) is 16.0. The number of carbonyl (C=O) groups excluding carboxylic acids is 3. The topological polar surface area (TPSA) is 110 Å². The molecule has 33 heavy (non-hydrogen) atoms. The molecule has 166 valence electrons. The summed E-state index contributed by atoms with van der Waals surface area (Å²) in [5, 5.41) is 19.6. The minimum Gasteiger partial charge on any atom is -0.503 e. The smallest absolute Gasteiger partial charge is 0.337 e. The lowest BCUT2D eigenvalue weighted by molar-refractivity contribution is -0.117. The Morgan fingerprint density at radius 1 is 1.09 bits per heavy atom. The molecule has 1 aliphatic heterocycles. The van der Waals surface area contributed by atoms with Crippen LogP contribution >= 0.6 is 11.3 Å². The SMILES string of the molecule is COC(=O)c1ccc(C2C(C(=O)C=Cc3ccccc3)=C(O)C(=O)N2c2nnc(C)s2)cc1. The average molecular weight is 461 g/mol. The van der Waals surface area contributed by atoms with Crippen LogP contribution in [0.2, 0.25) is 0 Å². The summed E-state index contributed by atoms with van der Waals surface area (Å²) in [6.45, 7) is 1.74. The summed E-state index contributed by atoms with van der Waals surface area (Å²) < 4.78 is 4.73. The summed E-state index contributed by atoms with van der Waals surface area (Å²) in [7, 11) is 1.28.